The second kappa shape index (κ2) is 8.16. The Bertz CT molecular complexity index is 301. The van der Waals surface area contributed by atoms with Gasteiger partial charge in [-0.3, -0.25) is 0 Å². The second-order valence-corrected chi connectivity index (χ2v) is 4.04. The van der Waals surface area contributed by atoms with Crippen LogP contribution in [0.4, 0.5) is 0 Å². The molecule has 0 unspecified atom stereocenters. The fraction of sp³-hybridized carbons (Fsp3) is 0.818. The maximum atomic E-state index is 5.43. The minimum atomic E-state index is 0.262. The van der Waals surface area contributed by atoms with Crippen molar-refractivity contribution in [1.29, 1.82) is 0 Å². The molecule has 0 spiro atoms. The highest BCUT2D eigenvalue weighted by Gasteiger charge is 1.99. The van der Waals surface area contributed by atoms with Crippen LogP contribution in [0.3, 0.4) is 0 Å². The van der Waals surface area contributed by atoms with Gasteiger partial charge in [0, 0.05) is 12.7 Å². The molecule has 1 rings (SSSR count). The highest BCUT2D eigenvalue weighted by atomic mass is 16.5. The van der Waals surface area contributed by atoms with Gasteiger partial charge in [0.1, 0.15) is 0 Å². The zero-order valence-electron chi connectivity index (χ0n) is 10.8. The van der Waals surface area contributed by atoms with Gasteiger partial charge in [-0.2, -0.15) is 0 Å². The van der Waals surface area contributed by atoms with Crippen molar-refractivity contribution in [3.63, 3.8) is 0 Å². The maximum absolute atomic E-state index is 5.43. The van der Waals surface area contributed by atoms with Gasteiger partial charge in [0.05, 0.1) is 38.2 Å². The Labute approximate surface area is 102 Å². The molecule has 98 valence electrons. The lowest BCUT2D eigenvalue weighted by Crippen LogP contribution is -2.12. The number of rotatable bonds is 9. The van der Waals surface area contributed by atoms with E-state index < -0.39 is 0 Å². The molecule has 1 N–H and O–H groups in total. The van der Waals surface area contributed by atoms with E-state index in [0.717, 1.165) is 18.8 Å². The largest absolute Gasteiger partial charge is 0.377 e. The first kappa shape index (κ1) is 14.1. The molecule has 6 nitrogen and oxygen atoms in total. The van der Waals surface area contributed by atoms with E-state index in [2.05, 4.69) is 15.6 Å². The lowest BCUT2D eigenvalue weighted by atomic mass is 10.5. The van der Waals surface area contributed by atoms with Gasteiger partial charge in [-0.15, -0.1) is 5.10 Å². The van der Waals surface area contributed by atoms with E-state index >= 15 is 0 Å². The molecule has 0 saturated heterocycles. The first-order chi connectivity index (χ1) is 8.22. The van der Waals surface area contributed by atoms with Gasteiger partial charge in [-0.25, -0.2) is 4.68 Å². The number of aromatic nitrogens is 3. The van der Waals surface area contributed by atoms with E-state index in [4.69, 9.17) is 9.47 Å². The van der Waals surface area contributed by atoms with Gasteiger partial charge >= 0.3 is 0 Å². The average Bonchev–Trinajstić information content (AvgIpc) is 2.71. The molecule has 0 aliphatic carbocycles. The van der Waals surface area contributed by atoms with Gasteiger partial charge in [0.15, 0.2) is 0 Å². The highest BCUT2D eigenvalue weighted by molar-refractivity contribution is 4.90. The fourth-order valence-corrected chi connectivity index (χ4v) is 1.31. The molecule has 1 aromatic heterocycles. The zero-order chi connectivity index (χ0) is 12.5. The Kier molecular flexibility index (Phi) is 6.76. The van der Waals surface area contributed by atoms with Crippen LogP contribution in [0, 0.1) is 0 Å². The molecule has 0 fully saturated rings. The van der Waals surface area contributed by atoms with Crippen molar-refractivity contribution in [3.8, 4) is 0 Å². The minimum absolute atomic E-state index is 0.262. The SMILES string of the molecule is CNCc1cn(CCOCCOC(C)C)nn1. The van der Waals surface area contributed by atoms with Crippen molar-refractivity contribution in [1.82, 2.24) is 20.3 Å². The molecule has 0 saturated carbocycles. The van der Waals surface area contributed by atoms with Crippen LogP contribution < -0.4 is 5.32 Å². The van der Waals surface area contributed by atoms with Crippen molar-refractivity contribution in [3.05, 3.63) is 11.9 Å². The summed E-state index contributed by atoms with van der Waals surface area (Å²) in [5.74, 6) is 0. The first-order valence-corrected chi connectivity index (χ1v) is 5.95. The summed E-state index contributed by atoms with van der Waals surface area (Å²) in [7, 11) is 1.89. The van der Waals surface area contributed by atoms with Crippen LogP contribution >= 0.6 is 0 Å². The third kappa shape index (κ3) is 6.35. The number of hydrogen-bond acceptors (Lipinski definition) is 5. The molecule has 0 aliphatic heterocycles. The third-order valence-corrected chi connectivity index (χ3v) is 2.09. The summed E-state index contributed by atoms with van der Waals surface area (Å²) >= 11 is 0. The van der Waals surface area contributed by atoms with E-state index in [1.54, 1.807) is 4.68 Å². The van der Waals surface area contributed by atoms with Crippen molar-refractivity contribution in [2.24, 2.45) is 0 Å². The van der Waals surface area contributed by atoms with E-state index in [0.29, 0.717) is 19.8 Å². The molecule has 17 heavy (non-hydrogen) atoms. The quantitative estimate of drug-likeness (QED) is 0.637. The average molecular weight is 242 g/mol. The number of ether oxygens (including phenoxy) is 2. The normalized spacial score (nSPS) is 11.3. The van der Waals surface area contributed by atoms with Crippen LogP contribution in [-0.2, 0) is 22.6 Å². The summed E-state index contributed by atoms with van der Waals surface area (Å²) in [6, 6.07) is 0. The monoisotopic (exact) mass is 242 g/mol. The number of hydrogen-bond donors (Lipinski definition) is 1. The lowest BCUT2D eigenvalue weighted by molar-refractivity contribution is 0.0170. The Morgan fingerprint density at radius 1 is 1.35 bits per heavy atom. The van der Waals surface area contributed by atoms with Crippen molar-refractivity contribution in [2.45, 2.75) is 33.0 Å². The number of nitrogens with one attached hydrogen (secondary N) is 1. The van der Waals surface area contributed by atoms with Crippen LogP contribution in [0.1, 0.15) is 19.5 Å². The van der Waals surface area contributed by atoms with Crippen molar-refractivity contribution < 1.29 is 9.47 Å². The molecule has 0 aliphatic rings. The predicted molar refractivity (Wildman–Crippen MR) is 64.7 cm³/mol. The number of nitrogens with zero attached hydrogens (tertiary/aromatic N) is 3. The maximum Gasteiger partial charge on any atom is 0.0964 e. The van der Waals surface area contributed by atoms with Crippen LogP contribution in [0.5, 0.6) is 0 Å². The molecule has 0 atom stereocenters. The molecule has 0 amide bonds. The minimum Gasteiger partial charge on any atom is -0.377 e. The van der Waals surface area contributed by atoms with Gasteiger partial charge < -0.3 is 14.8 Å². The summed E-state index contributed by atoms with van der Waals surface area (Å²) < 4.78 is 12.6. The van der Waals surface area contributed by atoms with Gasteiger partial charge in [-0.1, -0.05) is 5.21 Å². The van der Waals surface area contributed by atoms with E-state index in [9.17, 15) is 0 Å². The van der Waals surface area contributed by atoms with E-state index in [1.807, 2.05) is 27.1 Å². The molecular formula is C11H22N4O2. The smallest absolute Gasteiger partial charge is 0.0964 e. The fourth-order valence-electron chi connectivity index (χ4n) is 1.31. The second-order valence-electron chi connectivity index (χ2n) is 4.04. The van der Waals surface area contributed by atoms with Gasteiger partial charge in [-0.05, 0) is 20.9 Å². The Morgan fingerprint density at radius 3 is 2.88 bits per heavy atom. The van der Waals surface area contributed by atoms with E-state index in [1.165, 1.54) is 0 Å². The Morgan fingerprint density at radius 2 is 2.18 bits per heavy atom. The van der Waals surface area contributed by atoms with Crippen LogP contribution in [-0.4, -0.2) is 48.0 Å². The molecule has 1 aromatic rings. The summed E-state index contributed by atoms with van der Waals surface area (Å²) in [6.07, 6.45) is 2.18. The van der Waals surface area contributed by atoms with Gasteiger partial charge in [0.2, 0.25) is 0 Å². The lowest BCUT2D eigenvalue weighted by Gasteiger charge is -2.07. The van der Waals surface area contributed by atoms with E-state index in [-0.39, 0.29) is 6.10 Å². The Balaban J connectivity index is 2.05. The summed E-state index contributed by atoms with van der Waals surface area (Å²) in [5.41, 5.74) is 0.940. The standard InChI is InChI=1S/C11H22N4O2/c1-10(2)17-7-6-16-5-4-15-9-11(8-12-3)13-14-15/h9-10,12H,4-8H2,1-3H3. The molecule has 6 heteroatoms. The van der Waals surface area contributed by atoms with Crippen LogP contribution in [0.2, 0.25) is 0 Å². The van der Waals surface area contributed by atoms with Crippen molar-refractivity contribution in [2.75, 3.05) is 26.9 Å². The summed E-state index contributed by atoms with van der Waals surface area (Å²) in [6.45, 7) is 7.37. The Hall–Kier alpha value is -0.980. The highest BCUT2D eigenvalue weighted by Crippen LogP contribution is 1.93. The van der Waals surface area contributed by atoms with Crippen molar-refractivity contribution >= 4 is 0 Å². The zero-order valence-corrected chi connectivity index (χ0v) is 10.8. The summed E-state index contributed by atoms with van der Waals surface area (Å²) in [5, 5.41) is 11.0. The molecule has 0 aromatic carbocycles. The van der Waals surface area contributed by atoms with Gasteiger partial charge in [0.25, 0.3) is 0 Å². The first-order valence-electron chi connectivity index (χ1n) is 5.95. The van der Waals surface area contributed by atoms with Crippen LogP contribution in [0.25, 0.3) is 0 Å². The third-order valence-electron chi connectivity index (χ3n) is 2.09. The molecule has 0 bridgehead atoms. The predicted octanol–water partition coefficient (Wildman–Crippen LogP) is 0.439. The molecule has 1 heterocycles. The topological polar surface area (TPSA) is 61.2 Å². The van der Waals surface area contributed by atoms with Crippen LogP contribution in [0.15, 0.2) is 6.20 Å². The summed E-state index contributed by atoms with van der Waals surface area (Å²) in [4.78, 5) is 0. The molecule has 0 radical (unpaired) electrons. The molecular weight excluding hydrogens is 220 g/mol.